The molecule has 35 heavy (non-hydrogen) atoms. The van der Waals surface area contributed by atoms with Crippen molar-refractivity contribution in [2.45, 2.75) is 12.5 Å². The van der Waals surface area contributed by atoms with Crippen LogP contribution in [0.1, 0.15) is 43.2 Å². The van der Waals surface area contributed by atoms with Crippen LogP contribution >= 0.6 is 11.6 Å². The standard InChI is InChI=1S/C15H12ClNO3.C9H13N5O/c1-17-15(20)9-6-7-10(12(16)8-9)14(19)11-4-2-3-5-13(11)18;10-9-12-4-2-7(14-9)8(15)13-6-1-3-11-5-6/h2-8,18H,1H3,(H,17,20);2,4,6,11H,1,3,5H2,(H,13,15)(H2,10,12,14). The van der Waals surface area contributed by atoms with E-state index in [4.69, 9.17) is 17.3 Å². The van der Waals surface area contributed by atoms with Crippen molar-refractivity contribution >= 4 is 35.1 Å². The monoisotopic (exact) mass is 496 g/mol. The van der Waals surface area contributed by atoms with Gasteiger partial charge in [0.15, 0.2) is 5.78 Å². The molecule has 4 rings (SSSR count). The Bertz CT molecular complexity index is 1230. The number of halogens is 1. The molecular formula is C24H25ClN6O4. The number of benzene rings is 2. The predicted octanol–water partition coefficient (Wildman–Crippen LogP) is 1.79. The van der Waals surface area contributed by atoms with Gasteiger partial charge in [-0.05, 0) is 49.4 Å². The largest absolute Gasteiger partial charge is 0.507 e. The Kier molecular flexibility index (Phi) is 8.71. The summed E-state index contributed by atoms with van der Waals surface area (Å²) in [6.45, 7) is 1.75. The molecule has 0 saturated carbocycles. The summed E-state index contributed by atoms with van der Waals surface area (Å²) in [6.07, 6.45) is 2.43. The first-order valence-electron chi connectivity index (χ1n) is 10.7. The molecule has 6 N–H and O–H groups in total. The van der Waals surface area contributed by atoms with Crippen LogP contribution in [-0.4, -0.2) is 58.9 Å². The van der Waals surface area contributed by atoms with Gasteiger partial charge in [0, 0.05) is 37.0 Å². The molecule has 11 heteroatoms. The molecule has 1 aliphatic heterocycles. The number of phenolic OH excluding ortho intramolecular Hbond substituents is 1. The number of ketones is 1. The quantitative estimate of drug-likeness (QED) is 0.334. The maximum absolute atomic E-state index is 12.3. The van der Waals surface area contributed by atoms with Crippen LogP contribution in [0.4, 0.5) is 5.95 Å². The second-order valence-corrected chi connectivity index (χ2v) is 7.99. The fraction of sp³-hybridized carbons (Fsp3) is 0.208. The first kappa shape index (κ1) is 25.6. The van der Waals surface area contributed by atoms with Gasteiger partial charge in [0.2, 0.25) is 5.95 Å². The molecule has 2 heterocycles. The average Bonchev–Trinajstić information content (AvgIpc) is 3.37. The number of para-hydroxylation sites is 1. The van der Waals surface area contributed by atoms with E-state index >= 15 is 0 Å². The highest BCUT2D eigenvalue weighted by atomic mass is 35.5. The second kappa shape index (κ2) is 11.9. The van der Waals surface area contributed by atoms with Crippen LogP contribution in [0.25, 0.3) is 0 Å². The van der Waals surface area contributed by atoms with Crippen molar-refractivity contribution in [3.63, 3.8) is 0 Å². The van der Waals surface area contributed by atoms with Gasteiger partial charge in [0.1, 0.15) is 11.4 Å². The third-order valence-corrected chi connectivity index (χ3v) is 5.47. The van der Waals surface area contributed by atoms with Gasteiger partial charge in [-0.3, -0.25) is 14.4 Å². The van der Waals surface area contributed by atoms with E-state index < -0.39 is 5.78 Å². The zero-order valence-electron chi connectivity index (χ0n) is 18.9. The number of nitrogens with zero attached hydrogens (tertiary/aromatic N) is 2. The highest BCUT2D eigenvalue weighted by Crippen LogP contribution is 2.25. The Hall–Kier alpha value is -4.02. The first-order valence-corrected chi connectivity index (χ1v) is 11.1. The number of anilines is 1. The van der Waals surface area contributed by atoms with E-state index in [1.165, 1.54) is 43.6 Å². The molecule has 1 atom stereocenters. The molecule has 0 spiro atoms. The molecular weight excluding hydrogens is 472 g/mol. The molecule has 1 aromatic heterocycles. The number of rotatable bonds is 5. The molecule has 0 radical (unpaired) electrons. The Balaban J connectivity index is 0.000000203. The molecule has 10 nitrogen and oxygen atoms in total. The topological polar surface area (TPSA) is 159 Å². The fourth-order valence-corrected chi connectivity index (χ4v) is 3.60. The third-order valence-electron chi connectivity index (χ3n) is 5.15. The molecule has 2 amide bonds. The van der Waals surface area contributed by atoms with Crippen molar-refractivity contribution in [1.82, 2.24) is 25.9 Å². The number of nitrogens with one attached hydrogen (secondary N) is 3. The summed E-state index contributed by atoms with van der Waals surface area (Å²) in [6, 6.07) is 12.4. The number of carbonyl (C=O) groups excluding carboxylic acids is 3. The Labute approximate surface area is 206 Å². The van der Waals surface area contributed by atoms with Crippen LogP contribution in [0.5, 0.6) is 5.75 Å². The maximum Gasteiger partial charge on any atom is 0.270 e. The highest BCUT2D eigenvalue weighted by Gasteiger charge is 2.19. The molecule has 1 aliphatic rings. The van der Waals surface area contributed by atoms with E-state index in [0.717, 1.165) is 19.5 Å². The fourth-order valence-electron chi connectivity index (χ4n) is 3.33. The van der Waals surface area contributed by atoms with E-state index in [1.807, 2.05) is 0 Å². The van der Waals surface area contributed by atoms with E-state index in [0.29, 0.717) is 11.3 Å². The highest BCUT2D eigenvalue weighted by molar-refractivity contribution is 6.35. The zero-order chi connectivity index (χ0) is 25.4. The van der Waals surface area contributed by atoms with Crippen LogP contribution in [0.2, 0.25) is 5.02 Å². The number of hydrogen-bond acceptors (Lipinski definition) is 8. The summed E-state index contributed by atoms with van der Waals surface area (Å²) in [4.78, 5) is 43.0. The minimum absolute atomic E-state index is 0.107. The molecule has 0 bridgehead atoms. The minimum atomic E-state index is -0.392. The third kappa shape index (κ3) is 6.75. The lowest BCUT2D eigenvalue weighted by molar-refractivity contribution is 0.0932. The van der Waals surface area contributed by atoms with E-state index in [9.17, 15) is 19.5 Å². The molecule has 1 saturated heterocycles. The number of aromatic hydroxyl groups is 1. The smallest absolute Gasteiger partial charge is 0.270 e. The number of hydrogen-bond donors (Lipinski definition) is 5. The number of amides is 2. The minimum Gasteiger partial charge on any atom is -0.507 e. The van der Waals surface area contributed by atoms with Gasteiger partial charge in [-0.1, -0.05) is 23.7 Å². The lowest BCUT2D eigenvalue weighted by Crippen LogP contribution is -2.36. The van der Waals surface area contributed by atoms with Crippen LogP contribution in [-0.2, 0) is 0 Å². The molecule has 3 aromatic rings. The molecule has 182 valence electrons. The molecule has 1 fully saturated rings. The lowest BCUT2D eigenvalue weighted by atomic mass is 10.0. The van der Waals surface area contributed by atoms with E-state index in [1.54, 1.807) is 18.2 Å². The zero-order valence-corrected chi connectivity index (χ0v) is 19.7. The van der Waals surface area contributed by atoms with Gasteiger partial charge in [-0.15, -0.1) is 0 Å². The average molecular weight is 497 g/mol. The van der Waals surface area contributed by atoms with Gasteiger partial charge in [-0.2, -0.15) is 0 Å². The first-order chi connectivity index (χ1) is 16.8. The Morgan fingerprint density at radius 3 is 2.51 bits per heavy atom. The van der Waals surface area contributed by atoms with Gasteiger partial charge in [0.25, 0.3) is 11.8 Å². The van der Waals surface area contributed by atoms with E-state index in [2.05, 4.69) is 25.9 Å². The van der Waals surface area contributed by atoms with Crippen molar-refractivity contribution in [2.24, 2.45) is 0 Å². The summed E-state index contributed by atoms with van der Waals surface area (Å²) >= 11 is 6.05. The van der Waals surface area contributed by atoms with Crippen molar-refractivity contribution in [3.05, 3.63) is 82.1 Å². The summed E-state index contributed by atoms with van der Waals surface area (Å²) in [5.41, 5.74) is 6.48. The van der Waals surface area contributed by atoms with Gasteiger partial charge in [-0.25, -0.2) is 9.97 Å². The van der Waals surface area contributed by atoms with Crippen molar-refractivity contribution in [2.75, 3.05) is 25.9 Å². The van der Waals surface area contributed by atoms with E-state index in [-0.39, 0.29) is 45.7 Å². The SMILES string of the molecule is CNC(=O)c1ccc(C(=O)c2ccccc2O)c(Cl)c1.Nc1nccc(C(=O)NC2CCNC2)n1. The maximum atomic E-state index is 12.3. The Morgan fingerprint density at radius 2 is 1.89 bits per heavy atom. The van der Waals surface area contributed by atoms with Gasteiger partial charge >= 0.3 is 0 Å². The van der Waals surface area contributed by atoms with Crippen LogP contribution in [0, 0.1) is 0 Å². The van der Waals surface area contributed by atoms with Crippen molar-refractivity contribution < 1.29 is 19.5 Å². The molecule has 1 unspecified atom stereocenters. The van der Waals surface area contributed by atoms with Crippen LogP contribution in [0.15, 0.2) is 54.7 Å². The number of aromatic nitrogens is 2. The summed E-state index contributed by atoms with van der Waals surface area (Å²) in [5.74, 6) is -0.862. The van der Waals surface area contributed by atoms with Crippen LogP contribution in [0.3, 0.4) is 0 Å². The summed E-state index contributed by atoms with van der Waals surface area (Å²) in [7, 11) is 1.51. The van der Waals surface area contributed by atoms with Gasteiger partial charge < -0.3 is 26.8 Å². The molecule has 0 aliphatic carbocycles. The normalized spacial score (nSPS) is 14.4. The number of carbonyl (C=O) groups is 3. The van der Waals surface area contributed by atoms with Crippen LogP contribution < -0.4 is 21.7 Å². The number of nitrogens with two attached hydrogens (primary N) is 1. The van der Waals surface area contributed by atoms with Crippen molar-refractivity contribution in [3.8, 4) is 5.75 Å². The summed E-state index contributed by atoms with van der Waals surface area (Å²) in [5, 5.41) is 18.4. The lowest BCUT2D eigenvalue weighted by Gasteiger charge is -2.10. The number of nitrogen functional groups attached to an aromatic ring is 1. The van der Waals surface area contributed by atoms with Crippen molar-refractivity contribution in [1.29, 1.82) is 0 Å². The van der Waals surface area contributed by atoms with Gasteiger partial charge in [0.05, 0.1) is 10.6 Å². The number of phenols is 1. The predicted molar refractivity (Wildman–Crippen MR) is 132 cm³/mol. The Morgan fingerprint density at radius 1 is 1.11 bits per heavy atom. The summed E-state index contributed by atoms with van der Waals surface area (Å²) < 4.78 is 0. The molecule has 2 aromatic carbocycles. The second-order valence-electron chi connectivity index (χ2n) is 7.58.